The van der Waals surface area contributed by atoms with Gasteiger partial charge in [0.25, 0.3) is 0 Å². The van der Waals surface area contributed by atoms with Crippen LogP contribution in [0.4, 0.5) is 0 Å². The third kappa shape index (κ3) is 2.56. The van der Waals surface area contributed by atoms with Crippen LogP contribution in [0.1, 0.15) is 16.7 Å². The van der Waals surface area contributed by atoms with Gasteiger partial charge in [-0.2, -0.15) is 0 Å². The quantitative estimate of drug-likeness (QED) is 0.629. The van der Waals surface area contributed by atoms with Gasteiger partial charge in [-0.25, -0.2) is 4.79 Å². The van der Waals surface area contributed by atoms with Crippen LogP contribution in [-0.2, 0) is 6.42 Å². The molecule has 21 heavy (non-hydrogen) atoms. The van der Waals surface area contributed by atoms with Crippen molar-refractivity contribution in [3.8, 4) is 5.75 Å². The number of hydrogen-bond acceptors (Lipinski definition) is 3. The molecule has 0 amide bonds. The Bertz CT molecular complexity index is 768. The van der Waals surface area contributed by atoms with Crippen LogP contribution >= 0.6 is 0 Å². The summed E-state index contributed by atoms with van der Waals surface area (Å²) < 4.78 is 12.4. The van der Waals surface area contributed by atoms with Crippen LogP contribution in [0.5, 0.6) is 5.75 Å². The van der Waals surface area contributed by atoms with Crippen LogP contribution in [0.15, 0.2) is 21.3 Å². The normalized spacial score (nSPS) is 17.9. The van der Waals surface area contributed by atoms with Crippen LogP contribution in [0.25, 0.3) is 11.0 Å². The van der Waals surface area contributed by atoms with Crippen molar-refractivity contribution in [2.75, 3.05) is 27.7 Å². The molecular weight excluding hydrogens is 266 g/mol. The van der Waals surface area contributed by atoms with E-state index in [0.29, 0.717) is 5.58 Å². The van der Waals surface area contributed by atoms with E-state index in [1.807, 2.05) is 13.8 Å². The van der Waals surface area contributed by atoms with Crippen molar-refractivity contribution in [3.63, 3.8) is 0 Å². The van der Waals surface area contributed by atoms with E-state index in [1.54, 1.807) is 6.07 Å². The van der Waals surface area contributed by atoms with Crippen LogP contribution in [-0.4, -0.2) is 38.3 Å². The molecule has 4 nitrogen and oxygen atoms in total. The number of nitrogens with zero attached hydrogens (tertiary/aromatic N) is 1. The van der Waals surface area contributed by atoms with Crippen molar-refractivity contribution in [1.82, 2.24) is 0 Å². The average Bonchev–Trinajstić information content (AvgIpc) is 2.71. The lowest BCUT2D eigenvalue weighted by Gasteiger charge is -2.26. The van der Waals surface area contributed by atoms with Gasteiger partial charge in [-0.15, -0.1) is 0 Å². The maximum Gasteiger partial charge on any atom is 0.336 e. The molecule has 1 aromatic heterocycles. The van der Waals surface area contributed by atoms with Gasteiger partial charge >= 0.3 is 5.63 Å². The van der Waals surface area contributed by atoms with E-state index in [2.05, 4.69) is 27.2 Å². The first-order chi connectivity index (χ1) is 9.74. The second-order valence-corrected chi connectivity index (χ2v) is 7.03. The van der Waals surface area contributed by atoms with E-state index in [4.69, 9.17) is 9.15 Å². The number of benzene rings is 1. The number of likely N-dealkylation sites (N-methyl/N-ethyl adjacent to an activating group) is 1. The Kier molecular flexibility index (Phi) is 3.10. The van der Waals surface area contributed by atoms with Gasteiger partial charge in [-0.3, -0.25) is 0 Å². The van der Waals surface area contributed by atoms with Crippen molar-refractivity contribution >= 4 is 11.0 Å². The van der Waals surface area contributed by atoms with E-state index in [0.717, 1.165) is 39.7 Å². The van der Waals surface area contributed by atoms with Crippen molar-refractivity contribution in [2.24, 2.45) is 0 Å². The van der Waals surface area contributed by atoms with Gasteiger partial charge in [0.05, 0.1) is 21.1 Å². The van der Waals surface area contributed by atoms with Crippen molar-refractivity contribution < 1.29 is 13.6 Å². The highest BCUT2D eigenvalue weighted by Gasteiger charge is 2.30. The van der Waals surface area contributed by atoms with E-state index in [9.17, 15) is 4.79 Å². The van der Waals surface area contributed by atoms with Crippen LogP contribution in [0.3, 0.4) is 0 Å². The highest BCUT2D eigenvalue weighted by molar-refractivity contribution is 5.86. The first-order valence-electron chi connectivity index (χ1n) is 7.28. The number of ether oxygens (including phenoxy) is 1. The van der Waals surface area contributed by atoms with Crippen LogP contribution in [0.2, 0.25) is 0 Å². The fraction of sp³-hybridized carbons (Fsp3) is 0.471. The Morgan fingerprint density at radius 1 is 1.24 bits per heavy atom. The molecule has 0 saturated carbocycles. The smallest absolute Gasteiger partial charge is 0.336 e. The summed E-state index contributed by atoms with van der Waals surface area (Å²) in [7, 11) is 6.50. The molecule has 3 rings (SSSR count). The summed E-state index contributed by atoms with van der Waals surface area (Å²) in [6.45, 7) is 4.87. The zero-order chi connectivity index (χ0) is 15.4. The maximum atomic E-state index is 11.6. The highest BCUT2D eigenvalue weighted by atomic mass is 16.5. The number of rotatable bonds is 2. The summed E-state index contributed by atoms with van der Waals surface area (Å²) in [5, 5.41) is 1.01. The van der Waals surface area contributed by atoms with Crippen molar-refractivity contribution in [3.05, 3.63) is 39.2 Å². The minimum Gasteiger partial charge on any atom is -0.483 e. The van der Waals surface area contributed by atoms with E-state index < -0.39 is 0 Å². The zero-order valence-corrected chi connectivity index (χ0v) is 13.3. The molecule has 2 heterocycles. The summed E-state index contributed by atoms with van der Waals surface area (Å²) in [6.07, 6.45) is 1.10. The standard InChI is InChI=1S/C17H22NO3/c1-10-6-15(19)21-17-11(2)16-12(8-14(10)17)7-13(20-16)9-18(3,4)5/h6,8,13H,7,9H2,1-5H3/q+1. The first-order valence-corrected chi connectivity index (χ1v) is 7.28. The minimum absolute atomic E-state index is 0.183. The van der Waals surface area contributed by atoms with E-state index in [1.165, 1.54) is 5.56 Å². The summed E-state index contributed by atoms with van der Waals surface area (Å²) >= 11 is 0. The SMILES string of the molecule is Cc1cc(=O)oc2c(C)c3c(cc12)CC(C[N+](C)(C)C)O3. The molecule has 4 heteroatoms. The Hall–Kier alpha value is -1.81. The van der Waals surface area contributed by atoms with Gasteiger partial charge in [0.15, 0.2) is 6.10 Å². The fourth-order valence-electron chi connectivity index (χ4n) is 3.14. The van der Waals surface area contributed by atoms with Crippen molar-refractivity contribution in [1.29, 1.82) is 0 Å². The summed E-state index contributed by atoms with van der Waals surface area (Å²) in [6, 6.07) is 3.67. The summed E-state index contributed by atoms with van der Waals surface area (Å²) in [5.41, 5.74) is 3.47. The second-order valence-electron chi connectivity index (χ2n) is 7.03. The Balaban J connectivity index is 2.09. The average molecular weight is 288 g/mol. The van der Waals surface area contributed by atoms with Gasteiger partial charge in [0.2, 0.25) is 0 Å². The molecule has 0 aliphatic carbocycles. The molecule has 0 spiro atoms. The molecule has 0 radical (unpaired) electrons. The number of hydrogen-bond donors (Lipinski definition) is 0. The fourth-order valence-corrected chi connectivity index (χ4v) is 3.14. The number of aryl methyl sites for hydroxylation is 2. The third-order valence-corrected chi connectivity index (χ3v) is 3.98. The molecule has 0 N–H and O–H groups in total. The maximum absolute atomic E-state index is 11.6. The van der Waals surface area contributed by atoms with Gasteiger partial charge in [-0.1, -0.05) is 0 Å². The lowest BCUT2D eigenvalue weighted by molar-refractivity contribution is -0.873. The molecule has 1 aliphatic rings. The van der Waals surface area contributed by atoms with Gasteiger partial charge < -0.3 is 13.6 Å². The first kappa shape index (κ1) is 14.1. The molecule has 112 valence electrons. The predicted molar refractivity (Wildman–Crippen MR) is 83.0 cm³/mol. The van der Waals surface area contributed by atoms with E-state index >= 15 is 0 Å². The summed E-state index contributed by atoms with van der Waals surface area (Å²) in [4.78, 5) is 11.6. The number of quaternary nitrogens is 1. The molecule has 1 aromatic carbocycles. The molecule has 1 aliphatic heterocycles. The molecular formula is C17H22NO3+. The zero-order valence-electron chi connectivity index (χ0n) is 13.3. The molecule has 1 atom stereocenters. The van der Waals surface area contributed by atoms with Crippen LogP contribution < -0.4 is 10.4 Å². The van der Waals surface area contributed by atoms with Crippen molar-refractivity contribution in [2.45, 2.75) is 26.4 Å². The second kappa shape index (κ2) is 4.60. The Morgan fingerprint density at radius 3 is 2.62 bits per heavy atom. The third-order valence-electron chi connectivity index (χ3n) is 3.98. The molecule has 0 saturated heterocycles. The summed E-state index contributed by atoms with van der Waals surface area (Å²) in [5.74, 6) is 0.898. The van der Waals surface area contributed by atoms with E-state index in [-0.39, 0.29) is 11.7 Å². The Morgan fingerprint density at radius 2 is 1.95 bits per heavy atom. The topological polar surface area (TPSA) is 39.4 Å². The van der Waals surface area contributed by atoms with Gasteiger partial charge in [-0.05, 0) is 31.0 Å². The van der Waals surface area contributed by atoms with Crippen LogP contribution in [0, 0.1) is 13.8 Å². The molecule has 0 fully saturated rings. The largest absolute Gasteiger partial charge is 0.483 e. The molecule has 1 unspecified atom stereocenters. The molecule has 2 aromatic rings. The highest BCUT2D eigenvalue weighted by Crippen LogP contribution is 2.38. The van der Waals surface area contributed by atoms with Gasteiger partial charge in [0.1, 0.15) is 17.9 Å². The minimum atomic E-state index is -0.302. The number of fused-ring (bicyclic) bond motifs is 2. The predicted octanol–water partition coefficient (Wildman–Crippen LogP) is 2.42. The molecule has 0 bridgehead atoms. The van der Waals surface area contributed by atoms with Gasteiger partial charge in [0, 0.05) is 23.4 Å². The lowest BCUT2D eigenvalue weighted by Crippen LogP contribution is -2.43. The monoisotopic (exact) mass is 288 g/mol. The Labute approximate surface area is 124 Å². The lowest BCUT2D eigenvalue weighted by atomic mass is 10.0.